The molecule has 0 unspecified atom stereocenters. The molecule has 0 amide bonds. The van der Waals surface area contributed by atoms with Crippen LogP contribution in [0.15, 0.2) is 60.0 Å². The molecule has 3 nitrogen and oxygen atoms in total. The first-order valence-corrected chi connectivity index (χ1v) is 7.97. The summed E-state index contributed by atoms with van der Waals surface area (Å²) < 4.78 is 14.9. The molecular formula is C16H13ClFN3S. The van der Waals surface area contributed by atoms with E-state index in [9.17, 15) is 4.39 Å². The summed E-state index contributed by atoms with van der Waals surface area (Å²) in [6.07, 6.45) is 1.66. The van der Waals surface area contributed by atoms with E-state index >= 15 is 0 Å². The van der Waals surface area contributed by atoms with Gasteiger partial charge in [-0.05, 0) is 42.8 Å². The van der Waals surface area contributed by atoms with E-state index in [1.807, 2.05) is 28.8 Å². The maximum atomic E-state index is 13.0. The zero-order valence-electron chi connectivity index (χ0n) is 11.8. The van der Waals surface area contributed by atoms with E-state index in [0.29, 0.717) is 5.02 Å². The highest BCUT2D eigenvalue weighted by Gasteiger charge is 2.13. The van der Waals surface area contributed by atoms with Gasteiger partial charge < -0.3 is 0 Å². The Hall–Kier alpha value is -1.85. The van der Waals surface area contributed by atoms with Crippen LogP contribution in [0.2, 0.25) is 5.02 Å². The largest absolute Gasteiger partial charge is 0.277 e. The Morgan fingerprint density at radius 2 is 1.95 bits per heavy atom. The van der Waals surface area contributed by atoms with Crippen molar-refractivity contribution in [2.24, 2.45) is 0 Å². The van der Waals surface area contributed by atoms with Crippen LogP contribution in [-0.4, -0.2) is 14.8 Å². The summed E-state index contributed by atoms with van der Waals surface area (Å²) in [6, 6.07) is 14.0. The van der Waals surface area contributed by atoms with Gasteiger partial charge in [-0.1, -0.05) is 41.6 Å². The molecule has 3 rings (SSSR count). The van der Waals surface area contributed by atoms with Crippen molar-refractivity contribution in [3.63, 3.8) is 0 Å². The number of aromatic nitrogens is 3. The highest BCUT2D eigenvalue weighted by atomic mass is 35.5. The Morgan fingerprint density at radius 3 is 2.68 bits per heavy atom. The first-order chi connectivity index (χ1) is 10.6. The van der Waals surface area contributed by atoms with Crippen molar-refractivity contribution in [1.29, 1.82) is 0 Å². The minimum Gasteiger partial charge on any atom is -0.277 e. The predicted molar refractivity (Wildman–Crippen MR) is 87.0 cm³/mol. The van der Waals surface area contributed by atoms with Gasteiger partial charge >= 0.3 is 0 Å². The van der Waals surface area contributed by atoms with Crippen LogP contribution in [0.4, 0.5) is 4.39 Å². The van der Waals surface area contributed by atoms with E-state index < -0.39 is 0 Å². The number of benzene rings is 2. The molecule has 22 heavy (non-hydrogen) atoms. The second kappa shape index (κ2) is 6.50. The lowest BCUT2D eigenvalue weighted by atomic mass is 10.2. The van der Waals surface area contributed by atoms with Crippen LogP contribution in [0.3, 0.4) is 0 Å². The van der Waals surface area contributed by atoms with Crippen LogP contribution in [0, 0.1) is 5.82 Å². The minimum atomic E-state index is -0.233. The number of nitrogens with zero attached hydrogens (tertiary/aromatic N) is 3. The molecule has 1 aromatic heterocycles. The van der Waals surface area contributed by atoms with Gasteiger partial charge in [0.2, 0.25) is 0 Å². The number of halogens is 2. The highest BCUT2D eigenvalue weighted by Crippen LogP contribution is 2.34. The molecule has 2 aromatic carbocycles. The first-order valence-electron chi connectivity index (χ1n) is 6.71. The molecule has 0 saturated heterocycles. The lowest BCUT2D eigenvalue weighted by Gasteiger charge is -2.12. The molecule has 0 aliphatic rings. The molecule has 0 spiro atoms. The van der Waals surface area contributed by atoms with E-state index in [4.69, 9.17) is 11.6 Å². The van der Waals surface area contributed by atoms with Crippen LogP contribution in [0.25, 0.3) is 5.69 Å². The van der Waals surface area contributed by atoms with E-state index in [1.165, 1.54) is 12.1 Å². The molecule has 0 bridgehead atoms. The SMILES string of the molecule is C[C@@H](Sc1nncn1-c1cccc(Cl)c1)c1ccc(F)cc1. The van der Waals surface area contributed by atoms with E-state index in [1.54, 1.807) is 30.2 Å². The lowest BCUT2D eigenvalue weighted by molar-refractivity contribution is 0.627. The number of thioether (sulfide) groups is 1. The summed E-state index contributed by atoms with van der Waals surface area (Å²) in [5, 5.41) is 9.69. The van der Waals surface area contributed by atoms with Crippen LogP contribution in [-0.2, 0) is 0 Å². The van der Waals surface area contributed by atoms with Gasteiger partial charge in [0.1, 0.15) is 12.1 Å². The van der Waals surface area contributed by atoms with Gasteiger partial charge in [-0.15, -0.1) is 10.2 Å². The van der Waals surface area contributed by atoms with Gasteiger partial charge in [-0.3, -0.25) is 4.57 Å². The third-order valence-corrected chi connectivity index (χ3v) is 4.57. The van der Waals surface area contributed by atoms with E-state index in [-0.39, 0.29) is 11.1 Å². The molecule has 6 heteroatoms. The molecule has 0 saturated carbocycles. The summed E-state index contributed by atoms with van der Waals surface area (Å²) in [7, 11) is 0. The fourth-order valence-corrected chi connectivity index (χ4v) is 3.22. The average molecular weight is 334 g/mol. The van der Waals surface area contributed by atoms with E-state index in [2.05, 4.69) is 17.1 Å². The van der Waals surface area contributed by atoms with Gasteiger partial charge in [0, 0.05) is 10.3 Å². The molecule has 0 aliphatic carbocycles. The van der Waals surface area contributed by atoms with Crippen LogP contribution >= 0.6 is 23.4 Å². The maximum absolute atomic E-state index is 13.0. The van der Waals surface area contributed by atoms with Gasteiger partial charge in [-0.25, -0.2) is 4.39 Å². The number of hydrogen-bond donors (Lipinski definition) is 0. The van der Waals surface area contributed by atoms with Crippen molar-refractivity contribution >= 4 is 23.4 Å². The Kier molecular flexibility index (Phi) is 4.45. The fraction of sp³-hybridized carbons (Fsp3) is 0.125. The molecule has 0 radical (unpaired) electrons. The average Bonchev–Trinajstić information content (AvgIpc) is 2.96. The van der Waals surface area contributed by atoms with Crippen LogP contribution in [0.5, 0.6) is 0 Å². The van der Waals surface area contributed by atoms with Gasteiger partial charge in [0.05, 0.1) is 5.69 Å². The zero-order valence-corrected chi connectivity index (χ0v) is 13.4. The molecular weight excluding hydrogens is 321 g/mol. The van der Waals surface area contributed by atoms with Crippen molar-refractivity contribution < 1.29 is 4.39 Å². The van der Waals surface area contributed by atoms with Gasteiger partial charge in [-0.2, -0.15) is 0 Å². The quantitative estimate of drug-likeness (QED) is 0.635. The molecule has 1 atom stereocenters. The minimum absolute atomic E-state index is 0.128. The third-order valence-electron chi connectivity index (χ3n) is 3.22. The van der Waals surface area contributed by atoms with Crippen molar-refractivity contribution in [3.05, 3.63) is 71.3 Å². The Bertz CT molecular complexity index is 773. The Morgan fingerprint density at radius 1 is 1.18 bits per heavy atom. The van der Waals surface area contributed by atoms with Gasteiger partial charge in [0.15, 0.2) is 5.16 Å². The number of hydrogen-bond acceptors (Lipinski definition) is 3. The molecule has 0 fully saturated rings. The molecule has 3 aromatic rings. The van der Waals surface area contributed by atoms with E-state index in [0.717, 1.165) is 16.4 Å². The Labute approximate surface area is 137 Å². The van der Waals surface area contributed by atoms with Crippen molar-refractivity contribution in [1.82, 2.24) is 14.8 Å². The molecule has 0 aliphatic heterocycles. The highest BCUT2D eigenvalue weighted by molar-refractivity contribution is 7.99. The monoisotopic (exact) mass is 333 g/mol. The summed E-state index contributed by atoms with van der Waals surface area (Å²) in [6.45, 7) is 2.05. The zero-order chi connectivity index (χ0) is 15.5. The predicted octanol–water partition coefficient (Wildman–Crippen LogP) is 4.91. The van der Waals surface area contributed by atoms with Crippen LogP contribution in [0.1, 0.15) is 17.7 Å². The summed E-state index contributed by atoms with van der Waals surface area (Å²) in [5.74, 6) is -0.233. The van der Waals surface area contributed by atoms with Crippen molar-refractivity contribution in [2.45, 2.75) is 17.3 Å². The normalized spacial score (nSPS) is 12.3. The molecule has 112 valence electrons. The van der Waals surface area contributed by atoms with Crippen molar-refractivity contribution in [3.8, 4) is 5.69 Å². The standard InChI is InChI=1S/C16H13ClFN3S/c1-11(12-5-7-14(18)8-6-12)22-16-20-19-10-21(16)15-4-2-3-13(17)9-15/h2-11H,1H3/t11-/m1/s1. The first kappa shape index (κ1) is 15.1. The molecule has 1 heterocycles. The lowest BCUT2D eigenvalue weighted by Crippen LogP contribution is -1.97. The maximum Gasteiger partial charge on any atom is 0.196 e. The second-order valence-corrected chi connectivity index (χ2v) is 6.52. The summed E-state index contributed by atoms with van der Waals surface area (Å²) in [4.78, 5) is 0. The summed E-state index contributed by atoms with van der Waals surface area (Å²) >= 11 is 7.59. The smallest absolute Gasteiger partial charge is 0.196 e. The third kappa shape index (κ3) is 3.31. The summed E-state index contributed by atoms with van der Waals surface area (Å²) in [5.41, 5.74) is 1.94. The van der Waals surface area contributed by atoms with Crippen LogP contribution < -0.4 is 0 Å². The second-order valence-electron chi connectivity index (χ2n) is 4.78. The fourth-order valence-electron chi connectivity index (χ4n) is 2.07. The topological polar surface area (TPSA) is 30.7 Å². The van der Waals surface area contributed by atoms with Gasteiger partial charge in [0.25, 0.3) is 0 Å². The molecule has 0 N–H and O–H groups in total. The Balaban J connectivity index is 1.84. The van der Waals surface area contributed by atoms with Crippen molar-refractivity contribution in [2.75, 3.05) is 0 Å². The number of rotatable bonds is 4.